The Morgan fingerprint density at radius 1 is 1.03 bits per heavy atom. The second-order valence-electron chi connectivity index (χ2n) is 7.20. The molecule has 0 saturated carbocycles. The molecule has 0 bridgehead atoms. The second kappa shape index (κ2) is 9.62. The van der Waals surface area contributed by atoms with E-state index in [9.17, 15) is 19.2 Å². The molecule has 5 N–H and O–H groups in total. The Hall–Kier alpha value is -2.78. The summed E-state index contributed by atoms with van der Waals surface area (Å²) in [5, 5.41) is 8.73. The van der Waals surface area contributed by atoms with Gasteiger partial charge < -0.3 is 16.4 Å². The number of hydrogen-bond acceptors (Lipinski definition) is 7. The van der Waals surface area contributed by atoms with E-state index in [1.807, 2.05) is 0 Å². The third-order valence-electron chi connectivity index (χ3n) is 5.14. The summed E-state index contributed by atoms with van der Waals surface area (Å²) < 4.78 is 0. The van der Waals surface area contributed by atoms with Crippen molar-refractivity contribution in [2.24, 2.45) is 5.73 Å². The van der Waals surface area contributed by atoms with E-state index in [1.165, 1.54) is 0 Å². The molecule has 1 unspecified atom stereocenters. The molecule has 3 rings (SSSR count). The summed E-state index contributed by atoms with van der Waals surface area (Å²) in [6, 6.07) is 4.09. The summed E-state index contributed by atoms with van der Waals surface area (Å²) in [7, 11) is 0. The van der Waals surface area contributed by atoms with E-state index in [-0.39, 0.29) is 29.9 Å². The summed E-state index contributed by atoms with van der Waals surface area (Å²) in [4.78, 5) is 50.2. The van der Waals surface area contributed by atoms with Gasteiger partial charge in [0.2, 0.25) is 11.8 Å². The first kappa shape index (κ1) is 20.9. The van der Waals surface area contributed by atoms with Gasteiger partial charge in [-0.1, -0.05) is 12.5 Å². The molecule has 0 radical (unpaired) electrons. The molecule has 0 aromatic heterocycles. The van der Waals surface area contributed by atoms with Gasteiger partial charge in [0, 0.05) is 25.2 Å². The number of amides is 4. The van der Waals surface area contributed by atoms with Crippen molar-refractivity contribution in [1.82, 2.24) is 15.5 Å². The van der Waals surface area contributed by atoms with E-state index in [2.05, 4.69) is 16.0 Å². The number of hydrogen-bond donors (Lipinski definition) is 4. The Bertz CT molecular complexity index is 810. The molecular formula is C20H27N5O4. The van der Waals surface area contributed by atoms with E-state index in [0.29, 0.717) is 25.3 Å². The summed E-state index contributed by atoms with van der Waals surface area (Å²) in [5.41, 5.74) is 6.60. The third kappa shape index (κ3) is 4.63. The average Bonchev–Trinajstić information content (AvgIpc) is 2.95. The number of imide groups is 2. The highest BCUT2D eigenvalue weighted by Crippen LogP contribution is 2.32. The molecule has 2 aliphatic heterocycles. The van der Waals surface area contributed by atoms with Crippen LogP contribution in [0.25, 0.3) is 0 Å². The molecule has 9 heteroatoms. The number of nitrogens with one attached hydrogen (secondary N) is 3. The van der Waals surface area contributed by atoms with Crippen molar-refractivity contribution in [2.75, 3.05) is 31.5 Å². The molecule has 1 aromatic carbocycles. The predicted molar refractivity (Wildman–Crippen MR) is 107 cm³/mol. The van der Waals surface area contributed by atoms with Gasteiger partial charge >= 0.3 is 0 Å². The number of rotatable bonds is 10. The number of fused-ring (bicyclic) bond motifs is 1. The van der Waals surface area contributed by atoms with E-state index >= 15 is 0 Å². The van der Waals surface area contributed by atoms with Gasteiger partial charge in [0.1, 0.15) is 6.04 Å². The lowest BCUT2D eigenvalue weighted by Gasteiger charge is -2.27. The fraction of sp³-hybridized carbons (Fsp3) is 0.500. The van der Waals surface area contributed by atoms with Gasteiger partial charge in [-0.3, -0.25) is 29.4 Å². The van der Waals surface area contributed by atoms with Crippen molar-refractivity contribution in [2.45, 2.75) is 38.1 Å². The van der Waals surface area contributed by atoms with Gasteiger partial charge in [0.25, 0.3) is 11.8 Å². The molecule has 1 saturated heterocycles. The monoisotopic (exact) mass is 401 g/mol. The second-order valence-corrected chi connectivity index (χ2v) is 7.20. The lowest BCUT2D eigenvalue weighted by molar-refractivity contribution is -0.136. The molecule has 2 aliphatic rings. The van der Waals surface area contributed by atoms with Crippen molar-refractivity contribution in [3.05, 3.63) is 29.3 Å². The number of carbonyl (C=O) groups excluding carboxylic acids is 4. The van der Waals surface area contributed by atoms with E-state index < -0.39 is 23.8 Å². The van der Waals surface area contributed by atoms with Gasteiger partial charge in [-0.25, -0.2) is 0 Å². The molecule has 29 heavy (non-hydrogen) atoms. The fourth-order valence-electron chi connectivity index (χ4n) is 3.64. The van der Waals surface area contributed by atoms with Crippen molar-refractivity contribution >= 4 is 29.3 Å². The van der Waals surface area contributed by atoms with Crippen LogP contribution in [0.1, 0.15) is 52.8 Å². The number of benzene rings is 1. The van der Waals surface area contributed by atoms with Crippen molar-refractivity contribution in [3.63, 3.8) is 0 Å². The number of carbonyl (C=O) groups is 4. The van der Waals surface area contributed by atoms with E-state index in [1.54, 1.807) is 18.2 Å². The highest BCUT2D eigenvalue weighted by atomic mass is 16.2. The van der Waals surface area contributed by atoms with E-state index in [0.717, 1.165) is 30.7 Å². The van der Waals surface area contributed by atoms with Gasteiger partial charge in [-0.05, 0) is 44.5 Å². The first-order chi connectivity index (χ1) is 14.0. The summed E-state index contributed by atoms with van der Waals surface area (Å²) in [6.45, 7) is 2.91. The molecule has 156 valence electrons. The van der Waals surface area contributed by atoms with Crippen molar-refractivity contribution < 1.29 is 19.2 Å². The molecule has 0 spiro atoms. The Labute approximate surface area is 169 Å². The zero-order chi connectivity index (χ0) is 20.8. The zero-order valence-electron chi connectivity index (χ0n) is 16.3. The molecular weight excluding hydrogens is 374 g/mol. The van der Waals surface area contributed by atoms with Crippen LogP contribution in [0.5, 0.6) is 0 Å². The smallest absolute Gasteiger partial charge is 0.264 e. The van der Waals surface area contributed by atoms with Crippen LogP contribution in [0.3, 0.4) is 0 Å². The van der Waals surface area contributed by atoms with Crippen LogP contribution in [0.4, 0.5) is 5.69 Å². The Morgan fingerprint density at radius 3 is 2.62 bits per heavy atom. The predicted octanol–water partition coefficient (Wildman–Crippen LogP) is 0.218. The van der Waals surface area contributed by atoms with Crippen LogP contribution >= 0.6 is 0 Å². The number of anilines is 1. The minimum absolute atomic E-state index is 0.103. The number of nitrogens with zero attached hydrogens (tertiary/aromatic N) is 1. The third-order valence-corrected chi connectivity index (χ3v) is 5.14. The Kier molecular flexibility index (Phi) is 6.95. The summed E-state index contributed by atoms with van der Waals surface area (Å²) >= 11 is 0. The maximum Gasteiger partial charge on any atom is 0.264 e. The molecule has 2 heterocycles. The highest BCUT2D eigenvalue weighted by Gasteiger charge is 2.45. The number of unbranched alkanes of at least 4 members (excludes halogenated alkanes) is 2. The van der Waals surface area contributed by atoms with Crippen LogP contribution in [-0.4, -0.2) is 60.7 Å². The lowest BCUT2D eigenvalue weighted by Crippen LogP contribution is -2.54. The maximum atomic E-state index is 13.0. The van der Waals surface area contributed by atoms with Gasteiger partial charge in [-0.2, -0.15) is 0 Å². The molecule has 0 aliphatic carbocycles. The van der Waals surface area contributed by atoms with Gasteiger partial charge in [0.15, 0.2) is 0 Å². The van der Waals surface area contributed by atoms with Crippen LogP contribution in [0.15, 0.2) is 18.2 Å². The Balaban J connectivity index is 1.61. The van der Waals surface area contributed by atoms with E-state index in [4.69, 9.17) is 5.73 Å². The van der Waals surface area contributed by atoms with Crippen molar-refractivity contribution in [3.8, 4) is 0 Å². The topological polar surface area (TPSA) is 134 Å². The van der Waals surface area contributed by atoms with Gasteiger partial charge in [-0.15, -0.1) is 0 Å². The quantitative estimate of drug-likeness (QED) is 0.325. The zero-order valence-corrected chi connectivity index (χ0v) is 16.3. The average molecular weight is 401 g/mol. The minimum Gasteiger partial charge on any atom is -0.383 e. The number of nitrogens with two attached hydrogens (primary N) is 1. The van der Waals surface area contributed by atoms with Crippen molar-refractivity contribution in [1.29, 1.82) is 0 Å². The van der Waals surface area contributed by atoms with Gasteiger partial charge in [0.05, 0.1) is 11.1 Å². The molecule has 1 fully saturated rings. The molecule has 4 amide bonds. The summed E-state index contributed by atoms with van der Waals surface area (Å²) in [5.74, 6) is -2.00. The minimum atomic E-state index is -0.955. The first-order valence-electron chi connectivity index (χ1n) is 10.0. The SMILES string of the molecule is NCCCCCNCCNc1cccc2c1C(=O)N(C1CCC(=O)NC1=O)C2=O. The summed E-state index contributed by atoms with van der Waals surface area (Å²) in [6.07, 6.45) is 3.43. The molecule has 1 aromatic rings. The lowest BCUT2D eigenvalue weighted by atomic mass is 10.0. The maximum absolute atomic E-state index is 13.0. The van der Waals surface area contributed by atoms with Crippen LogP contribution in [-0.2, 0) is 9.59 Å². The first-order valence-corrected chi connectivity index (χ1v) is 10.0. The molecule has 1 atom stereocenters. The highest BCUT2D eigenvalue weighted by molar-refractivity contribution is 6.25. The Morgan fingerprint density at radius 2 is 1.86 bits per heavy atom. The number of piperidine rings is 1. The largest absolute Gasteiger partial charge is 0.383 e. The van der Waals surface area contributed by atoms with Crippen LogP contribution in [0.2, 0.25) is 0 Å². The normalized spacial score (nSPS) is 18.8. The molecule has 9 nitrogen and oxygen atoms in total. The standard InChI is InChI=1S/C20H27N5O4/c21-9-2-1-3-10-22-11-12-23-14-6-4-5-13-17(14)20(29)25(19(13)28)15-7-8-16(26)24-18(15)27/h4-6,15,22-23H,1-3,7-12,21H2,(H,24,26,27). The van der Waals surface area contributed by atoms with Crippen LogP contribution < -0.4 is 21.7 Å². The van der Waals surface area contributed by atoms with Crippen LogP contribution in [0, 0.1) is 0 Å². The fourth-order valence-corrected chi connectivity index (χ4v) is 3.64.